The maximum absolute atomic E-state index is 12.1. The van der Waals surface area contributed by atoms with Crippen LogP contribution in [0.15, 0.2) is 12.2 Å². The standard InChI is InChI=1S/C7H11FO2S/c8-11(9,10)6-7-4-2-1-3-5-7/h1-2,7H,3-6H2. The van der Waals surface area contributed by atoms with E-state index < -0.39 is 10.2 Å². The third-order valence-electron chi connectivity index (χ3n) is 1.81. The van der Waals surface area contributed by atoms with Gasteiger partial charge in [0.25, 0.3) is 0 Å². The number of hydrogen-bond donors (Lipinski definition) is 0. The Morgan fingerprint density at radius 3 is 2.64 bits per heavy atom. The van der Waals surface area contributed by atoms with E-state index in [2.05, 4.69) is 0 Å². The molecule has 0 amide bonds. The molecule has 64 valence electrons. The molecule has 1 atom stereocenters. The van der Waals surface area contributed by atoms with Crippen LogP contribution in [0.25, 0.3) is 0 Å². The van der Waals surface area contributed by atoms with E-state index >= 15 is 0 Å². The van der Waals surface area contributed by atoms with Crippen LogP contribution in [-0.4, -0.2) is 14.2 Å². The van der Waals surface area contributed by atoms with Crippen molar-refractivity contribution in [3.05, 3.63) is 12.2 Å². The molecule has 0 fully saturated rings. The second-order valence-corrected chi connectivity index (χ2v) is 4.27. The number of rotatable bonds is 2. The van der Waals surface area contributed by atoms with Crippen molar-refractivity contribution < 1.29 is 12.3 Å². The highest BCUT2D eigenvalue weighted by atomic mass is 32.3. The van der Waals surface area contributed by atoms with Crippen molar-refractivity contribution in [2.24, 2.45) is 5.92 Å². The van der Waals surface area contributed by atoms with Gasteiger partial charge in [-0.1, -0.05) is 12.2 Å². The maximum atomic E-state index is 12.1. The summed E-state index contributed by atoms with van der Waals surface area (Å²) in [5.74, 6) is -0.313. The zero-order chi connectivity index (χ0) is 8.32. The lowest BCUT2D eigenvalue weighted by atomic mass is 9.97. The highest BCUT2D eigenvalue weighted by Crippen LogP contribution is 2.20. The van der Waals surface area contributed by atoms with E-state index in [0.717, 1.165) is 12.8 Å². The van der Waals surface area contributed by atoms with Gasteiger partial charge >= 0.3 is 10.2 Å². The average molecular weight is 178 g/mol. The molecular weight excluding hydrogens is 167 g/mol. The van der Waals surface area contributed by atoms with Crippen molar-refractivity contribution in [3.63, 3.8) is 0 Å². The van der Waals surface area contributed by atoms with Gasteiger partial charge in [-0.05, 0) is 25.2 Å². The number of allylic oxidation sites excluding steroid dienone is 2. The molecule has 2 nitrogen and oxygen atoms in total. The highest BCUT2D eigenvalue weighted by molar-refractivity contribution is 7.86. The smallest absolute Gasteiger partial charge is 0.195 e. The zero-order valence-electron chi connectivity index (χ0n) is 6.16. The van der Waals surface area contributed by atoms with Crippen LogP contribution in [0.1, 0.15) is 19.3 Å². The second kappa shape index (κ2) is 3.34. The summed E-state index contributed by atoms with van der Waals surface area (Å²) in [4.78, 5) is 0. The molecule has 0 aromatic rings. The minimum absolute atomic E-state index is 0.00463. The molecule has 1 aliphatic carbocycles. The van der Waals surface area contributed by atoms with Gasteiger partial charge in [0.2, 0.25) is 0 Å². The first-order valence-electron chi connectivity index (χ1n) is 3.65. The number of halogens is 1. The molecule has 1 unspecified atom stereocenters. The molecule has 11 heavy (non-hydrogen) atoms. The van der Waals surface area contributed by atoms with Crippen molar-refractivity contribution >= 4 is 10.2 Å². The van der Waals surface area contributed by atoms with Gasteiger partial charge in [-0.3, -0.25) is 0 Å². The summed E-state index contributed by atoms with van der Waals surface area (Å²) in [7, 11) is -4.26. The molecule has 0 radical (unpaired) electrons. The predicted octanol–water partition coefficient (Wildman–Crippen LogP) is 1.64. The third kappa shape index (κ3) is 3.51. The summed E-state index contributed by atoms with van der Waals surface area (Å²) in [5, 5.41) is 0. The SMILES string of the molecule is O=S(=O)(F)CC1CC=CCC1. The van der Waals surface area contributed by atoms with Crippen LogP contribution in [0, 0.1) is 5.92 Å². The van der Waals surface area contributed by atoms with Crippen LogP contribution in [0.2, 0.25) is 0 Å². The monoisotopic (exact) mass is 178 g/mol. The van der Waals surface area contributed by atoms with Gasteiger partial charge in [0, 0.05) is 0 Å². The van der Waals surface area contributed by atoms with Gasteiger partial charge in [-0.2, -0.15) is 8.42 Å². The van der Waals surface area contributed by atoms with Crippen molar-refractivity contribution in [1.82, 2.24) is 0 Å². The molecule has 0 heterocycles. The summed E-state index contributed by atoms with van der Waals surface area (Å²) >= 11 is 0. The zero-order valence-corrected chi connectivity index (χ0v) is 6.98. The molecule has 0 saturated carbocycles. The molecule has 0 aromatic carbocycles. The maximum Gasteiger partial charge on any atom is 0.302 e. The van der Waals surface area contributed by atoms with E-state index in [1.54, 1.807) is 0 Å². The molecule has 4 heteroatoms. The fourth-order valence-electron chi connectivity index (χ4n) is 1.29. The van der Waals surface area contributed by atoms with Crippen LogP contribution in [0.3, 0.4) is 0 Å². The van der Waals surface area contributed by atoms with Crippen LogP contribution in [0.4, 0.5) is 3.89 Å². The van der Waals surface area contributed by atoms with Gasteiger partial charge in [0.05, 0.1) is 5.75 Å². The van der Waals surface area contributed by atoms with E-state index in [1.807, 2.05) is 12.2 Å². The van der Waals surface area contributed by atoms with E-state index in [9.17, 15) is 12.3 Å². The van der Waals surface area contributed by atoms with Crippen molar-refractivity contribution in [2.45, 2.75) is 19.3 Å². The first-order chi connectivity index (χ1) is 5.08. The lowest BCUT2D eigenvalue weighted by molar-refractivity contribution is 0.492. The Balaban J connectivity index is 2.44. The summed E-state index contributed by atoms with van der Waals surface area (Å²) in [6.07, 6.45) is 6.28. The van der Waals surface area contributed by atoms with Crippen LogP contribution in [0.5, 0.6) is 0 Å². The van der Waals surface area contributed by atoms with E-state index in [0.29, 0.717) is 6.42 Å². The molecule has 0 spiro atoms. The van der Waals surface area contributed by atoms with Gasteiger partial charge in [0.1, 0.15) is 0 Å². The highest BCUT2D eigenvalue weighted by Gasteiger charge is 2.17. The molecule has 1 aliphatic rings. The van der Waals surface area contributed by atoms with Crippen LogP contribution in [-0.2, 0) is 10.2 Å². The third-order valence-corrected chi connectivity index (χ3v) is 2.68. The summed E-state index contributed by atoms with van der Waals surface area (Å²) < 4.78 is 32.5. The van der Waals surface area contributed by atoms with E-state index in [4.69, 9.17) is 0 Å². The Kier molecular flexibility index (Phi) is 2.65. The summed E-state index contributed by atoms with van der Waals surface area (Å²) in [5.41, 5.74) is 0. The normalized spacial score (nSPS) is 25.4. The van der Waals surface area contributed by atoms with E-state index in [1.165, 1.54) is 0 Å². The Bertz CT molecular complexity index is 243. The Morgan fingerprint density at radius 2 is 2.18 bits per heavy atom. The van der Waals surface area contributed by atoms with Crippen molar-refractivity contribution in [3.8, 4) is 0 Å². The molecule has 0 bridgehead atoms. The van der Waals surface area contributed by atoms with Gasteiger partial charge < -0.3 is 0 Å². The minimum Gasteiger partial charge on any atom is -0.195 e. The lowest BCUT2D eigenvalue weighted by Crippen LogP contribution is -2.13. The van der Waals surface area contributed by atoms with Crippen LogP contribution >= 0.6 is 0 Å². The number of hydrogen-bond acceptors (Lipinski definition) is 2. The fraction of sp³-hybridized carbons (Fsp3) is 0.714. The van der Waals surface area contributed by atoms with Crippen molar-refractivity contribution in [1.29, 1.82) is 0 Å². The average Bonchev–Trinajstić information content (AvgIpc) is 1.85. The first-order valence-corrected chi connectivity index (χ1v) is 5.20. The largest absolute Gasteiger partial charge is 0.302 e. The van der Waals surface area contributed by atoms with Gasteiger partial charge in [-0.25, -0.2) is 0 Å². The molecule has 0 aliphatic heterocycles. The predicted molar refractivity (Wildman–Crippen MR) is 41.4 cm³/mol. The Labute approximate surface area is 66.3 Å². The molecule has 0 N–H and O–H groups in total. The summed E-state index contributed by atoms with van der Waals surface area (Å²) in [6, 6.07) is 0. The summed E-state index contributed by atoms with van der Waals surface area (Å²) in [6.45, 7) is 0. The Morgan fingerprint density at radius 1 is 1.45 bits per heavy atom. The Hall–Kier alpha value is -0.380. The van der Waals surface area contributed by atoms with Crippen molar-refractivity contribution in [2.75, 3.05) is 5.75 Å². The lowest BCUT2D eigenvalue weighted by Gasteiger charge is -2.14. The minimum atomic E-state index is -4.26. The van der Waals surface area contributed by atoms with Gasteiger partial charge in [-0.15, -0.1) is 3.89 Å². The second-order valence-electron chi connectivity index (χ2n) is 2.86. The molecular formula is C7H11FO2S. The topological polar surface area (TPSA) is 34.1 Å². The molecule has 0 saturated heterocycles. The van der Waals surface area contributed by atoms with Crippen LogP contribution < -0.4 is 0 Å². The fourth-order valence-corrected chi connectivity index (χ4v) is 2.16. The van der Waals surface area contributed by atoms with E-state index in [-0.39, 0.29) is 11.7 Å². The molecule has 0 aromatic heterocycles. The first kappa shape index (κ1) is 8.71. The quantitative estimate of drug-likeness (QED) is 0.476. The molecule has 1 rings (SSSR count). The van der Waals surface area contributed by atoms with Gasteiger partial charge in [0.15, 0.2) is 0 Å².